The molecule has 1 fully saturated rings. The number of piperidine rings is 1. The molecule has 0 aromatic heterocycles. The third-order valence-corrected chi connectivity index (χ3v) is 3.84. The van der Waals surface area contributed by atoms with Crippen LogP contribution in [0.25, 0.3) is 0 Å². The summed E-state index contributed by atoms with van der Waals surface area (Å²) in [7, 11) is 0. The third-order valence-electron chi connectivity index (χ3n) is 3.84. The zero-order valence-electron chi connectivity index (χ0n) is 8.87. The predicted octanol–water partition coefficient (Wildman–Crippen LogP) is 2.17. The van der Waals surface area contributed by atoms with Crippen molar-refractivity contribution in [2.24, 2.45) is 0 Å². The average Bonchev–Trinajstić information content (AvgIpc) is 2.29. The monoisotopic (exact) mass is 203 g/mol. The van der Waals surface area contributed by atoms with Crippen molar-refractivity contribution in [1.82, 2.24) is 5.32 Å². The zero-order chi connectivity index (χ0) is 10.3. The van der Waals surface area contributed by atoms with Crippen molar-refractivity contribution in [2.75, 3.05) is 6.54 Å². The molecule has 15 heavy (non-hydrogen) atoms. The summed E-state index contributed by atoms with van der Waals surface area (Å²) in [5.41, 5.74) is 2.83. The quantitative estimate of drug-likeness (QED) is 0.677. The molecule has 1 saturated heterocycles. The van der Waals surface area contributed by atoms with Crippen LogP contribution in [0.5, 0.6) is 5.75 Å². The van der Waals surface area contributed by atoms with Crippen molar-refractivity contribution in [3.05, 3.63) is 29.3 Å². The minimum atomic E-state index is 0.417. The molecule has 2 atom stereocenters. The molecule has 1 heterocycles. The van der Waals surface area contributed by atoms with E-state index in [0.29, 0.717) is 17.7 Å². The Morgan fingerprint density at radius 3 is 3.13 bits per heavy atom. The molecule has 80 valence electrons. The van der Waals surface area contributed by atoms with Gasteiger partial charge >= 0.3 is 0 Å². The Hall–Kier alpha value is -1.02. The van der Waals surface area contributed by atoms with Gasteiger partial charge in [-0.1, -0.05) is 6.07 Å². The first-order valence-electron chi connectivity index (χ1n) is 5.90. The van der Waals surface area contributed by atoms with Crippen LogP contribution in [0.1, 0.15) is 36.3 Å². The Balaban J connectivity index is 2.01. The molecule has 1 aliphatic carbocycles. The summed E-state index contributed by atoms with van der Waals surface area (Å²) >= 11 is 0. The Labute approximate surface area is 90.3 Å². The number of benzene rings is 1. The molecule has 0 unspecified atom stereocenters. The van der Waals surface area contributed by atoms with Crippen molar-refractivity contribution in [3.8, 4) is 5.75 Å². The van der Waals surface area contributed by atoms with Crippen LogP contribution in [-0.4, -0.2) is 17.7 Å². The molecular formula is C13H17NO. The molecule has 2 N–H and O–H groups in total. The summed E-state index contributed by atoms with van der Waals surface area (Å²) in [6, 6.07) is 6.53. The van der Waals surface area contributed by atoms with E-state index in [1.807, 2.05) is 12.1 Å². The van der Waals surface area contributed by atoms with E-state index in [1.54, 1.807) is 0 Å². The first kappa shape index (κ1) is 9.22. The van der Waals surface area contributed by atoms with Crippen molar-refractivity contribution in [1.29, 1.82) is 0 Å². The Bertz CT molecular complexity index is 375. The lowest BCUT2D eigenvalue weighted by Gasteiger charge is -2.38. The zero-order valence-corrected chi connectivity index (χ0v) is 8.87. The van der Waals surface area contributed by atoms with Crippen molar-refractivity contribution in [3.63, 3.8) is 0 Å². The highest BCUT2D eigenvalue weighted by molar-refractivity contribution is 5.40. The maximum Gasteiger partial charge on any atom is 0.115 e. The van der Waals surface area contributed by atoms with Gasteiger partial charge in [0.1, 0.15) is 5.75 Å². The van der Waals surface area contributed by atoms with Crippen LogP contribution < -0.4 is 5.32 Å². The van der Waals surface area contributed by atoms with Gasteiger partial charge in [-0.2, -0.15) is 0 Å². The molecule has 2 nitrogen and oxygen atoms in total. The van der Waals surface area contributed by atoms with Gasteiger partial charge in [0.05, 0.1) is 0 Å². The molecule has 2 aliphatic rings. The summed E-state index contributed by atoms with van der Waals surface area (Å²) in [6.07, 6.45) is 4.94. The van der Waals surface area contributed by atoms with Gasteiger partial charge in [-0.05, 0) is 61.4 Å². The van der Waals surface area contributed by atoms with Crippen LogP contribution in [0, 0.1) is 0 Å². The number of phenols is 1. The van der Waals surface area contributed by atoms with Crippen LogP contribution in [0.2, 0.25) is 0 Å². The minimum absolute atomic E-state index is 0.417. The van der Waals surface area contributed by atoms with E-state index in [-0.39, 0.29) is 0 Å². The lowest BCUT2D eigenvalue weighted by Crippen LogP contribution is -2.42. The van der Waals surface area contributed by atoms with E-state index in [1.165, 1.54) is 30.4 Å². The van der Waals surface area contributed by atoms with E-state index < -0.39 is 0 Å². The lowest BCUT2D eigenvalue weighted by atomic mass is 9.75. The lowest BCUT2D eigenvalue weighted by molar-refractivity contribution is 0.318. The number of phenolic OH excluding ortho intramolecular Hbond substituents is 1. The number of hydrogen-bond acceptors (Lipinski definition) is 2. The standard InChI is InChI=1S/C13H17NO/c15-10-5-3-9-4-6-13-11(12(9)8-10)2-1-7-14-13/h3,5,8,11,13-15H,1-2,4,6-7H2/t11-,13-/m1/s1. The number of aromatic hydroxyl groups is 1. The van der Waals surface area contributed by atoms with Gasteiger partial charge in [0.2, 0.25) is 0 Å². The highest BCUT2D eigenvalue weighted by Crippen LogP contribution is 2.38. The molecule has 0 spiro atoms. The van der Waals surface area contributed by atoms with Crippen molar-refractivity contribution >= 4 is 0 Å². The van der Waals surface area contributed by atoms with E-state index in [0.717, 1.165) is 13.0 Å². The third kappa shape index (κ3) is 1.53. The molecule has 0 saturated carbocycles. The van der Waals surface area contributed by atoms with Crippen LogP contribution in [-0.2, 0) is 6.42 Å². The smallest absolute Gasteiger partial charge is 0.115 e. The minimum Gasteiger partial charge on any atom is -0.508 e. The maximum atomic E-state index is 9.56. The van der Waals surface area contributed by atoms with Crippen LogP contribution >= 0.6 is 0 Å². The fourth-order valence-electron chi connectivity index (χ4n) is 3.09. The molecule has 0 amide bonds. The molecule has 1 aromatic rings. The summed E-state index contributed by atoms with van der Waals surface area (Å²) in [5, 5.41) is 13.2. The molecule has 1 aromatic carbocycles. The Morgan fingerprint density at radius 2 is 2.20 bits per heavy atom. The SMILES string of the molecule is Oc1ccc2c(c1)[C@H]1CCCN[C@@H]1CC2. The summed E-state index contributed by atoms with van der Waals surface area (Å²) in [4.78, 5) is 0. The van der Waals surface area contributed by atoms with E-state index in [4.69, 9.17) is 0 Å². The number of rotatable bonds is 0. The Kier molecular flexibility index (Phi) is 2.17. The van der Waals surface area contributed by atoms with Crippen LogP contribution in [0.3, 0.4) is 0 Å². The number of fused-ring (bicyclic) bond motifs is 3. The molecule has 0 radical (unpaired) electrons. The van der Waals surface area contributed by atoms with Crippen LogP contribution in [0.15, 0.2) is 18.2 Å². The summed E-state index contributed by atoms with van der Waals surface area (Å²) in [5.74, 6) is 1.05. The van der Waals surface area contributed by atoms with E-state index in [9.17, 15) is 5.11 Å². The Morgan fingerprint density at radius 1 is 1.27 bits per heavy atom. The van der Waals surface area contributed by atoms with Gasteiger partial charge in [-0.25, -0.2) is 0 Å². The fourth-order valence-corrected chi connectivity index (χ4v) is 3.09. The van der Waals surface area contributed by atoms with E-state index in [2.05, 4.69) is 11.4 Å². The average molecular weight is 203 g/mol. The molecule has 1 aliphatic heterocycles. The summed E-state index contributed by atoms with van der Waals surface area (Å²) in [6.45, 7) is 1.16. The number of hydrogen-bond donors (Lipinski definition) is 2. The highest BCUT2D eigenvalue weighted by Gasteiger charge is 2.31. The topological polar surface area (TPSA) is 32.3 Å². The van der Waals surface area contributed by atoms with Gasteiger partial charge in [0, 0.05) is 6.04 Å². The summed E-state index contributed by atoms with van der Waals surface area (Å²) < 4.78 is 0. The maximum absolute atomic E-state index is 9.56. The fraction of sp³-hybridized carbons (Fsp3) is 0.538. The molecular weight excluding hydrogens is 186 g/mol. The van der Waals surface area contributed by atoms with Crippen LogP contribution in [0.4, 0.5) is 0 Å². The van der Waals surface area contributed by atoms with E-state index >= 15 is 0 Å². The van der Waals surface area contributed by atoms with Gasteiger partial charge in [-0.15, -0.1) is 0 Å². The second-order valence-corrected chi connectivity index (χ2v) is 4.73. The number of nitrogens with one attached hydrogen (secondary N) is 1. The predicted molar refractivity (Wildman–Crippen MR) is 60.2 cm³/mol. The first-order chi connectivity index (χ1) is 7.34. The van der Waals surface area contributed by atoms with Gasteiger partial charge < -0.3 is 10.4 Å². The number of aryl methyl sites for hydroxylation is 1. The van der Waals surface area contributed by atoms with Gasteiger partial charge in [0.25, 0.3) is 0 Å². The first-order valence-corrected chi connectivity index (χ1v) is 5.90. The normalized spacial score (nSPS) is 29.3. The van der Waals surface area contributed by atoms with Gasteiger partial charge in [-0.3, -0.25) is 0 Å². The molecule has 2 heteroatoms. The highest BCUT2D eigenvalue weighted by atomic mass is 16.3. The molecule has 3 rings (SSSR count). The second-order valence-electron chi connectivity index (χ2n) is 4.73. The van der Waals surface area contributed by atoms with Crippen molar-refractivity contribution in [2.45, 2.75) is 37.6 Å². The largest absolute Gasteiger partial charge is 0.508 e. The second kappa shape index (κ2) is 3.53. The van der Waals surface area contributed by atoms with Gasteiger partial charge in [0.15, 0.2) is 0 Å². The molecule has 0 bridgehead atoms. The van der Waals surface area contributed by atoms with Crippen molar-refractivity contribution < 1.29 is 5.11 Å².